The quantitative estimate of drug-likeness (QED) is 0.715. The standard InChI is InChI=1S/C19H18ClFN4O2/c1-10(19(2,3)27)24-18(26)16-9-23-15-8-22-7-12(17(15)25-16)11-4-5-13(20)14(21)6-11/h4-10,27H,1-3H3,(H,24,26). The Labute approximate surface area is 160 Å². The number of nitrogens with one attached hydrogen (secondary N) is 1. The highest BCUT2D eigenvalue weighted by atomic mass is 35.5. The van der Waals surface area contributed by atoms with Gasteiger partial charge < -0.3 is 10.4 Å². The van der Waals surface area contributed by atoms with Crippen LogP contribution < -0.4 is 5.32 Å². The average Bonchev–Trinajstić information content (AvgIpc) is 2.62. The van der Waals surface area contributed by atoms with Gasteiger partial charge in [0.15, 0.2) is 0 Å². The number of fused-ring (bicyclic) bond motifs is 1. The van der Waals surface area contributed by atoms with Crippen LogP contribution in [0.5, 0.6) is 0 Å². The van der Waals surface area contributed by atoms with Crippen LogP contribution in [0.15, 0.2) is 36.8 Å². The van der Waals surface area contributed by atoms with Crippen molar-refractivity contribution in [1.82, 2.24) is 20.3 Å². The molecule has 0 saturated heterocycles. The van der Waals surface area contributed by atoms with Crippen LogP contribution in [0.25, 0.3) is 22.2 Å². The number of nitrogens with zero attached hydrogens (tertiary/aromatic N) is 3. The molecule has 1 amide bonds. The Morgan fingerprint density at radius 3 is 2.70 bits per heavy atom. The van der Waals surface area contributed by atoms with Gasteiger partial charge in [-0.1, -0.05) is 17.7 Å². The third-order valence-electron chi connectivity index (χ3n) is 4.33. The number of carbonyl (C=O) groups excluding carboxylic acids is 1. The van der Waals surface area contributed by atoms with Crippen molar-refractivity contribution in [3.8, 4) is 11.1 Å². The van der Waals surface area contributed by atoms with E-state index in [2.05, 4.69) is 20.3 Å². The van der Waals surface area contributed by atoms with Crippen molar-refractivity contribution in [2.24, 2.45) is 0 Å². The molecule has 1 atom stereocenters. The molecule has 140 valence electrons. The monoisotopic (exact) mass is 388 g/mol. The van der Waals surface area contributed by atoms with Crippen molar-refractivity contribution in [2.45, 2.75) is 32.4 Å². The molecule has 0 saturated carbocycles. The first-order valence-electron chi connectivity index (χ1n) is 8.26. The third kappa shape index (κ3) is 4.04. The summed E-state index contributed by atoms with van der Waals surface area (Å²) >= 11 is 5.75. The van der Waals surface area contributed by atoms with E-state index in [4.69, 9.17) is 11.6 Å². The Hall–Kier alpha value is -2.64. The molecule has 2 aromatic heterocycles. The highest BCUT2D eigenvalue weighted by molar-refractivity contribution is 6.30. The molecular weight excluding hydrogens is 371 g/mol. The summed E-state index contributed by atoms with van der Waals surface area (Å²) in [6, 6.07) is 3.88. The Bertz CT molecular complexity index is 1020. The molecule has 27 heavy (non-hydrogen) atoms. The molecule has 1 aromatic carbocycles. The van der Waals surface area contributed by atoms with E-state index in [-0.39, 0.29) is 10.7 Å². The molecule has 0 bridgehead atoms. The SMILES string of the molecule is CC(NC(=O)c1cnc2cncc(-c3ccc(Cl)c(F)c3)c2n1)C(C)(C)O. The van der Waals surface area contributed by atoms with E-state index in [1.807, 2.05) is 0 Å². The maximum absolute atomic E-state index is 13.9. The topological polar surface area (TPSA) is 88.0 Å². The van der Waals surface area contributed by atoms with Gasteiger partial charge in [0.25, 0.3) is 5.91 Å². The van der Waals surface area contributed by atoms with Gasteiger partial charge in [0.1, 0.15) is 22.5 Å². The van der Waals surface area contributed by atoms with Crippen molar-refractivity contribution in [1.29, 1.82) is 0 Å². The van der Waals surface area contributed by atoms with Crippen LogP contribution in [0, 0.1) is 5.82 Å². The van der Waals surface area contributed by atoms with E-state index in [9.17, 15) is 14.3 Å². The van der Waals surface area contributed by atoms with Gasteiger partial charge in [0, 0.05) is 11.8 Å². The number of aliphatic hydroxyl groups is 1. The number of hydrogen-bond donors (Lipinski definition) is 2. The summed E-state index contributed by atoms with van der Waals surface area (Å²) in [4.78, 5) is 25.2. The second kappa shape index (κ2) is 7.17. The molecule has 8 heteroatoms. The smallest absolute Gasteiger partial charge is 0.271 e. The minimum Gasteiger partial charge on any atom is -0.388 e. The summed E-state index contributed by atoms with van der Waals surface area (Å²) in [7, 11) is 0. The van der Waals surface area contributed by atoms with Crippen molar-refractivity contribution in [3.63, 3.8) is 0 Å². The molecule has 2 heterocycles. The fourth-order valence-electron chi connectivity index (χ4n) is 2.37. The summed E-state index contributed by atoms with van der Waals surface area (Å²) < 4.78 is 13.9. The zero-order chi connectivity index (χ0) is 19.8. The first kappa shape index (κ1) is 19.1. The van der Waals surface area contributed by atoms with Gasteiger partial charge in [0.05, 0.1) is 29.1 Å². The van der Waals surface area contributed by atoms with Crippen LogP contribution in [0.1, 0.15) is 31.3 Å². The molecule has 3 aromatic rings. The van der Waals surface area contributed by atoms with E-state index in [0.29, 0.717) is 22.2 Å². The Kier molecular flexibility index (Phi) is 5.08. The van der Waals surface area contributed by atoms with Gasteiger partial charge in [-0.25, -0.2) is 9.37 Å². The second-order valence-electron chi connectivity index (χ2n) is 6.79. The number of benzene rings is 1. The molecular formula is C19H18ClFN4O2. The van der Waals surface area contributed by atoms with Crippen molar-refractivity contribution in [3.05, 3.63) is 53.3 Å². The molecule has 2 N–H and O–H groups in total. The first-order valence-corrected chi connectivity index (χ1v) is 8.64. The Morgan fingerprint density at radius 2 is 2.04 bits per heavy atom. The largest absolute Gasteiger partial charge is 0.388 e. The molecule has 0 radical (unpaired) electrons. The van der Waals surface area contributed by atoms with Crippen LogP contribution in [-0.2, 0) is 0 Å². The van der Waals surface area contributed by atoms with Gasteiger partial charge >= 0.3 is 0 Å². The van der Waals surface area contributed by atoms with Gasteiger partial charge in [-0.2, -0.15) is 0 Å². The minimum atomic E-state index is -1.09. The minimum absolute atomic E-state index is 0.0127. The lowest BCUT2D eigenvalue weighted by Gasteiger charge is -2.26. The lowest BCUT2D eigenvalue weighted by atomic mass is 10.0. The fraction of sp³-hybridized carbons (Fsp3) is 0.263. The maximum atomic E-state index is 13.9. The van der Waals surface area contributed by atoms with Crippen LogP contribution in [0.4, 0.5) is 4.39 Å². The van der Waals surface area contributed by atoms with E-state index in [0.717, 1.165) is 0 Å². The number of amides is 1. The molecule has 6 nitrogen and oxygen atoms in total. The fourth-order valence-corrected chi connectivity index (χ4v) is 2.48. The van der Waals surface area contributed by atoms with Crippen LogP contribution in [0.2, 0.25) is 5.02 Å². The Morgan fingerprint density at radius 1 is 1.30 bits per heavy atom. The lowest BCUT2D eigenvalue weighted by molar-refractivity contribution is 0.0407. The van der Waals surface area contributed by atoms with E-state index < -0.39 is 23.4 Å². The highest BCUT2D eigenvalue weighted by Gasteiger charge is 2.25. The second-order valence-corrected chi connectivity index (χ2v) is 7.19. The first-order chi connectivity index (χ1) is 12.7. The number of rotatable bonds is 4. The number of pyridine rings is 1. The van der Waals surface area contributed by atoms with Crippen LogP contribution in [-0.4, -0.2) is 37.6 Å². The molecule has 1 unspecified atom stereocenters. The van der Waals surface area contributed by atoms with Gasteiger partial charge in [-0.05, 0) is 38.5 Å². The van der Waals surface area contributed by atoms with Crippen molar-refractivity contribution >= 4 is 28.5 Å². The van der Waals surface area contributed by atoms with Crippen molar-refractivity contribution in [2.75, 3.05) is 0 Å². The van der Waals surface area contributed by atoms with Gasteiger partial charge in [0.2, 0.25) is 0 Å². The number of hydrogen-bond acceptors (Lipinski definition) is 5. The normalized spacial score (nSPS) is 12.8. The molecule has 0 aliphatic carbocycles. The van der Waals surface area contributed by atoms with Crippen LogP contribution in [0.3, 0.4) is 0 Å². The van der Waals surface area contributed by atoms with Crippen molar-refractivity contribution < 1.29 is 14.3 Å². The van der Waals surface area contributed by atoms with Gasteiger partial charge in [-0.15, -0.1) is 0 Å². The summed E-state index contributed by atoms with van der Waals surface area (Å²) in [6.45, 7) is 4.89. The highest BCUT2D eigenvalue weighted by Crippen LogP contribution is 2.28. The van der Waals surface area contributed by atoms with Gasteiger partial charge in [-0.3, -0.25) is 14.8 Å². The van der Waals surface area contributed by atoms with E-state index >= 15 is 0 Å². The zero-order valence-electron chi connectivity index (χ0n) is 15.0. The zero-order valence-corrected chi connectivity index (χ0v) is 15.8. The number of halogens is 2. The van der Waals surface area contributed by atoms with Crippen LogP contribution >= 0.6 is 11.6 Å². The molecule has 0 spiro atoms. The molecule has 0 fully saturated rings. The predicted molar refractivity (Wildman–Crippen MR) is 101 cm³/mol. The lowest BCUT2D eigenvalue weighted by Crippen LogP contribution is -2.47. The van der Waals surface area contributed by atoms with E-state index in [1.165, 1.54) is 30.7 Å². The maximum Gasteiger partial charge on any atom is 0.271 e. The summed E-state index contributed by atoms with van der Waals surface area (Å²) in [5.41, 5.74) is 0.925. The summed E-state index contributed by atoms with van der Waals surface area (Å²) in [5.74, 6) is -1.03. The molecule has 0 aliphatic rings. The summed E-state index contributed by atoms with van der Waals surface area (Å²) in [6.07, 6.45) is 4.38. The number of aromatic nitrogens is 3. The third-order valence-corrected chi connectivity index (χ3v) is 4.63. The summed E-state index contributed by atoms with van der Waals surface area (Å²) in [5, 5.41) is 12.7. The molecule has 3 rings (SSSR count). The van der Waals surface area contributed by atoms with E-state index in [1.54, 1.807) is 26.8 Å². The predicted octanol–water partition coefficient (Wildman–Crippen LogP) is 3.37. The average molecular weight is 389 g/mol. The molecule has 0 aliphatic heterocycles. The Balaban J connectivity index is 2.04. The number of carbonyl (C=O) groups is 1.